The fourth-order valence-corrected chi connectivity index (χ4v) is 2.29. The molecule has 2 N–H and O–H groups in total. The summed E-state index contributed by atoms with van der Waals surface area (Å²) in [5.41, 5.74) is 10.5. The van der Waals surface area contributed by atoms with Crippen LogP contribution in [0.25, 0.3) is 0 Å². The SMILES string of the molecule is CCC(C)(N)c1ccc2c(c1)CCCC2. The van der Waals surface area contributed by atoms with Crippen LogP contribution in [0.15, 0.2) is 18.2 Å². The molecule has 0 radical (unpaired) electrons. The van der Waals surface area contributed by atoms with Crippen LogP contribution in [0.2, 0.25) is 0 Å². The lowest BCUT2D eigenvalue weighted by Gasteiger charge is -2.26. The fourth-order valence-electron chi connectivity index (χ4n) is 2.29. The first kappa shape index (κ1) is 10.7. The second-order valence-electron chi connectivity index (χ2n) is 4.96. The van der Waals surface area contributed by atoms with Gasteiger partial charge >= 0.3 is 0 Å². The Labute approximate surface area is 92.7 Å². The molecule has 1 aromatic carbocycles. The van der Waals surface area contributed by atoms with Crippen molar-refractivity contribution in [3.8, 4) is 0 Å². The van der Waals surface area contributed by atoms with E-state index in [1.165, 1.54) is 42.4 Å². The molecule has 82 valence electrons. The second-order valence-corrected chi connectivity index (χ2v) is 4.96. The lowest BCUT2D eigenvalue weighted by atomic mass is 9.84. The zero-order chi connectivity index (χ0) is 10.9. The molecule has 0 bridgehead atoms. The largest absolute Gasteiger partial charge is 0.322 e. The zero-order valence-electron chi connectivity index (χ0n) is 9.84. The molecule has 1 nitrogen and oxygen atoms in total. The molecule has 0 aromatic heterocycles. The van der Waals surface area contributed by atoms with Crippen LogP contribution in [0.5, 0.6) is 0 Å². The van der Waals surface area contributed by atoms with Crippen LogP contribution in [0, 0.1) is 0 Å². The van der Waals surface area contributed by atoms with Gasteiger partial charge in [-0.25, -0.2) is 0 Å². The zero-order valence-corrected chi connectivity index (χ0v) is 9.84. The van der Waals surface area contributed by atoms with Crippen LogP contribution in [0.4, 0.5) is 0 Å². The Morgan fingerprint density at radius 1 is 1.20 bits per heavy atom. The summed E-state index contributed by atoms with van der Waals surface area (Å²) in [4.78, 5) is 0. The summed E-state index contributed by atoms with van der Waals surface area (Å²) in [6.45, 7) is 4.27. The van der Waals surface area contributed by atoms with Gasteiger partial charge in [-0.05, 0) is 55.7 Å². The van der Waals surface area contributed by atoms with Crippen molar-refractivity contribution in [3.63, 3.8) is 0 Å². The van der Waals surface area contributed by atoms with Gasteiger partial charge in [-0.3, -0.25) is 0 Å². The summed E-state index contributed by atoms with van der Waals surface area (Å²) in [6, 6.07) is 6.83. The van der Waals surface area contributed by atoms with Gasteiger partial charge < -0.3 is 5.73 Å². The highest BCUT2D eigenvalue weighted by Crippen LogP contribution is 2.27. The Balaban J connectivity index is 2.36. The van der Waals surface area contributed by atoms with Crippen molar-refractivity contribution in [2.24, 2.45) is 5.73 Å². The summed E-state index contributed by atoms with van der Waals surface area (Å²) in [5, 5.41) is 0. The lowest BCUT2D eigenvalue weighted by molar-refractivity contribution is 0.475. The van der Waals surface area contributed by atoms with Crippen LogP contribution >= 0.6 is 0 Å². The summed E-state index contributed by atoms with van der Waals surface area (Å²) < 4.78 is 0. The maximum atomic E-state index is 6.27. The highest BCUT2D eigenvalue weighted by Gasteiger charge is 2.20. The van der Waals surface area contributed by atoms with Gasteiger partial charge in [0.25, 0.3) is 0 Å². The monoisotopic (exact) mass is 203 g/mol. The predicted octanol–water partition coefficient (Wildman–Crippen LogP) is 3.15. The third kappa shape index (κ3) is 2.07. The number of rotatable bonds is 2. The minimum absolute atomic E-state index is 0.160. The molecule has 2 rings (SSSR count). The standard InChI is InChI=1S/C14H21N/c1-3-14(2,15)13-9-8-11-6-4-5-7-12(11)10-13/h8-10H,3-7,15H2,1-2H3. The first-order valence-corrected chi connectivity index (χ1v) is 6.04. The Morgan fingerprint density at radius 2 is 1.87 bits per heavy atom. The average molecular weight is 203 g/mol. The van der Waals surface area contributed by atoms with E-state index in [-0.39, 0.29) is 5.54 Å². The minimum Gasteiger partial charge on any atom is -0.322 e. The summed E-state index contributed by atoms with van der Waals surface area (Å²) in [5.74, 6) is 0. The predicted molar refractivity (Wildman–Crippen MR) is 64.9 cm³/mol. The van der Waals surface area contributed by atoms with E-state index in [0.29, 0.717) is 0 Å². The molecule has 0 spiro atoms. The molecule has 0 saturated carbocycles. The number of aryl methyl sites for hydroxylation is 2. The van der Waals surface area contributed by atoms with E-state index in [1.54, 1.807) is 0 Å². The van der Waals surface area contributed by atoms with E-state index in [4.69, 9.17) is 5.73 Å². The summed E-state index contributed by atoms with van der Waals surface area (Å²) >= 11 is 0. The third-order valence-corrected chi connectivity index (χ3v) is 3.74. The van der Waals surface area contributed by atoms with Crippen LogP contribution in [-0.2, 0) is 18.4 Å². The molecule has 1 aromatic rings. The van der Waals surface area contributed by atoms with Crippen molar-refractivity contribution in [2.75, 3.05) is 0 Å². The van der Waals surface area contributed by atoms with Crippen molar-refractivity contribution < 1.29 is 0 Å². The van der Waals surface area contributed by atoms with E-state index in [2.05, 4.69) is 32.0 Å². The molecule has 0 amide bonds. The van der Waals surface area contributed by atoms with E-state index >= 15 is 0 Å². The van der Waals surface area contributed by atoms with E-state index < -0.39 is 0 Å². The van der Waals surface area contributed by atoms with Crippen LogP contribution < -0.4 is 5.73 Å². The molecular formula is C14H21N. The molecule has 1 aliphatic carbocycles. The van der Waals surface area contributed by atoms with Crippen LogP contribution in [0.3, 0.4) is 0 Å². The van der Waals surface area contributed by atoms with Gasteiger partial charge in [0.15, 0.2) is 0 Å². The molecule has 0 aliphatic heterocycles. The highest BCUT2D eigenvalue weighted by atomic mass is 14.7. The quantitative estimate of drug-likeness (QED) is 0.785. The molecule has 1 heteroatoms. The molecule has 0 fully saturated rings. The van der Waals surface area contributed by atoms with Gasteiger partial charge in [0.05, 0.1) is 0 Å². The van der Waals surface area contributed by atoms with Gasteiger partial charge in [0.1, 0.15) is 0 Å². The Bertz CT molecular complexity index is 352. The van der Waals surface area contributed by atoms with Crippen molar-refractivity contribution in [1.82, 2.24) is 0 Å². The second kappa shape index (κ2) is 3.97. The lowest BCUT2D eigenvalue weighted by Crippen LogP contribution is -2.32. The topological polar surface area (TPSA) is 26.0 Å². The van der Waals surface area contributed by atoms with Gasteiger partial charge in [0, 0.05) is 5.54 Å². The van der Waals surface area contributed by atoms with E-state index in [0.717, 1.165) is 6.42 Å². The van der Waals surface area contributed by atoms with Crippen LogP contribution in [-0.4, -0.2) is 0 Å². The molecular weight excluding hydrogens is 182 g/mol. The Hall–Kier alpha value is -0.820. The van der Waals surface area contributed by atoms with E-state index in [1.807, 2.05) is 0 Å². The van der Waals surface area contributed by atoms with Gasteiger partial charge in [-0.2, -0.15) is 0 Å². The summed E-state index contributed by atoms with van der Waals surface area (Å²) in [7, 11) is 0. The van der Waals surface area contributed by atoms with Crippen molar-refractivity contribution in [3.05, 3.63) is 34.9 Å². The molecule has 1 unspecified atom stereocenters. The minimum atomic E-state index is -0.160. The summed E-state index contributed by atoms with van der Waals surface area (Å²) in [6.07, 6.45) is 6.17. The maximum Gasteiger partial charge on any atom is 0.0378 e. The van der Waals surface area contributed by atoms with Gasteiger partial charge in [-0.1, -0.05) is 25.1 Å². The number of hydrogen-bond acceptors (Lipinski definition) is 1. The highest BCUT2D eigenvalue weighted by molar-refractivity contribution is 5.36. The fraction of sp³-hybridized carbons (Fsp3) is 0.571. The number of hydrogen-bond donors (Lipinski definition) is 1. The average Bonchev–Trinajstić information content (AvgIpc) is 2.28. The number of fused-ring (bicyclic) bond motifs is 1. The molecule has 0 saturated heterocycles. The molecule has 15 heavy (non-hydrogen) atoms. The van der Waals surface area contributed by atoms with E-state index in [9.17, 15) is 0 Å². The van der Waals surface area contributed by atoms with Gasteiger partial charge in [-0.15, -0.1) is 0 Å². The van der Waals surface area contributed by atoms with Crippen molar-refractivity contribution in [1.29, 1.82) is 0 Å². The smallest absolute Gasteiger partial charge is 0.0378 e. The van der Waals surface area contributed by atoms with Crippen molar-refractivity contribution in [2.45, 2.75) is 51.5 Å². The van der Waals surface area contributed by atoms with Gasteiger partial charge in [0.2, 0.25) is 0 Å². The molecule has 0 heterocycles. The number of nitrogens with two attached hydrogens (primary N) is 1. The van der Waals surface area contributed by atoms with Crippen LogP contribution in [0.1, 0.15) is 49.8 Å². The molecule has 1 aliphatic rings. The molecule has 1 atom stereocenters. The Kier molecular flexibility index (Phi) is 2.83. The maximum absolute atomic E-state index is 6.27. The van der Waals surface area contributed by atoms with Crippen molar-refractivity contribution >= 4 is 0 Å². The normalized spacial score (nSPS) is 19.4. The Morgan fingerprint density at radius 3 is 2.53 bits per heavy atom. The number of benzene rings is 1. The first-order valence-electron chi connectivity index (χ1n) is 6.04. The first-order chi connectivity index (χ1) is 7.13. The third-order valence-electron chi connectivity index (χ3n) is 3.74.